The molecule has 0 aliphatic carbocycles. The van der Waals surface area contributed by atoms with E-state index < -0.39 is 36.5 Å². The van der Waals surface area contributed by atoms with Gasteiger partial charge < -0.3 is 10.2 Å². The van der Waals surface area contributed by atoms with E-state index in [1.165, 1.54) is 16.9 Å². The number of nitrogens with zero attached hydrogens (tertiary/aromatic N) is 3. The molecule has 0 bridgehead atoms. The fourth-order valence-corrected chi connectivity index (χ4v) is 3.12. The molecule has 26 heavy (non-hydrogen) atoms. The lowest BCUT2D eigenvalue weighted by Crippen LogP contribution is -2.46. The molecule has 1 fully saturated rings. The highest BCUT2D eigenvalue weighted by Crippen LogP contribution is 2.34. The van der Waals surface area contributed by atoms with E-state index in [9.17, 15) is 22.8 Å². The number of alkyl halides is 3. The van der Waals surface area contributed by atoms with Crippen LogP contribution in [0.2, 0.25) is 0 Å². The van der Waals surface area contributed by atoms with Crippen LogP contribution in [0, 0.1) is 11.3 Å². The number of aryl methyl sites for hydroxylation is 1. The van der Waals surface area contributed by atoms with Gasteiger partial charge in [0, 0.05) is 32.3 Å². The number of hydrogen-bond donors (Lipinski definition) is 1. The van der Waals surface area contributed by atoms with Crippen molar-refractivity contribution < 1.29 is 22.8 Å². The van der Waals surface area contributed by atoms with Crippen molar-refractivity contribution in [2.45, 2.75) is 52.9 Å². The number of likely N-dealkylation sites (tertiary alicyclic amines) is 1. The number of nitrogens with one attached hydrogen (secondary N) is 1. The molecule has 2 heterocycles. The molecule has 146 valence electrons. The zero-order valence-electron chi connectivity index (χ0n) is 15.4. The van der Waals surface area contributed by atoms with E-state index >= 15 is 0 Å². The van der Waals surface area contributed by atoms with Gasteiger partial charge >= 0.3 is 6.18 Å². The molecule has 0 unspecified atom stereocenters. The van der Waals surface area contributed by atoms with Crippen molar-refractivity contribution in [3.63, 3.8) is 0 Å². The average molecular weight is 374 g/mol. The van der Waals surface area contributed by atoms with Gasteiger partial charge in [-0.3, -0.25) is 14.3 Å². The second-order valence-corrected chi connectivity index (χ2v) is 7.80. The van der Waals surface area contributed by atoms with Crippen molar-refractivity contribution in [3.05, 3.63) is 18.0 Å². The predicted octanol–water partition coefficient (Wildman–Crippen LogP) is 2.46. The molecule has 0 radical (unpaired) electrons. The summed E-state index contributed by atoms with van der Waals surface area (Å²) >= 11 is 0. The van der Waals surface area contributed by atoms with Crippen LogP contribution in [0.3, 0.4) is 0 Å². The Kier molecular flexibility index (Phi) is 5.67. The number of amides is 2. The normalized spacial score (nSPS) is 21.1. The fourth-order valence-electron chi connectivity index (χ4n) is 3.12. The van der Waals surface area contributed by atoms with Gasteiger partial charge in [-0.2, -0.15) is 18.3 Å². The summed E-state index contributed by atoms with van der Waals surface area (Å²) in [6.45, 7) is 7.10. The highest BCUT2D eigenvalue weighted by molar-refractivity contribution is 5.93. The molecule has 0 spiro atoms. The van der Waals surface area contributed by atoms with E-state index in [4.69, 9.17) is 0 Å². The highest BCUT2D eigenvalue weighted by atomic mass is 19.4. The van der Waals surface area contributed by atoms with E-state index in [0.717, 1.165) is 4.90 Å². The first-order valence-corrected chi connectivity index (χ1v) is 8.59. The first-order valence-electron chi connectivity index (χ1n) is 8.59. The third kappa shape index (κ3) is 4.76. The summed E-state index contributed by atoms with van der Waals surface area (Å²) in [5.74, 6) is -2.73. The Labute approximate surface area is 150 Å². The van der Waals surface area contributed by atoms with Gasteiger partial charge in [0.15, 0.2) is 0 Å². The molecule has 1 saturated heterocycles. The van der Waals surface area contributed by atoms with Crippen molar-refractivity contribution >= 4 is 11.8 Å². The van der Waals surface area contributed by atoms with Crippen LogP contribution in [0.15, 0.2) is 12.3 Å². The van der Waals surface area contributed by atoms with Crippen LogP contribution >= 0.6 is 0 Å². The molecule has 2 rings (SSSR count). The van der Waals surface area contributed by atoms with Crippen LogP contribution in [-0.4, -0.2) is 51.8 Å². The van der Waals surface area contributed by atoms with E-state index in [-0.39, 0.29) is 24.1 Å². The maximum atomic E-state index is 13.4. The third-order valence-corrected chi connectivity index (χ3v) is 4.30. The van der Waals surface area contributed by atoms with Crippen LogP contribution in [0.25, 0.3) is 0 Å². The maximum absolute atomic E-state index is 13.4. The van der Waals surface area contributed by atoms with Crippen molar-refractivity contribution in [2.75, 3.05) is 13.1 Å². The zero-order chi connectivity index (χ0) is 19.7. The molecular weight excluding hydrogens is 349 g/mol. The molecule has 1 N–H and O–H groups in total. The molecule has 0 aromatic carbocycles. The van der Waals surface area contributed by atoms with Crippen molar-refractivity contribution in [1.82, 2.24) is 20.0 Å². The van der Waals surface area contributed by atoms with Gasteiger partial charge in [0.2, 0.25) is 5.91 Å². The Balaban J connectivity index is 2.15. The first-order chi connectivity index (χ1) is 11.9. The highest BCUT2D eigenvalue weighted by Gasteiger charge is 2.51. The SMILES string of the molecule is CCn1nccc1C(=O)N1C[C@@H](C(F)(F)F)[C@H](NC(=O)CC(C)(C)C)C1. The monoisotopic (exact) mass is 374 g/mol. The smallest absolute Gasteiger partial charge is 0.351 e. The standard InChI is InChI=1S/C17H25F3N4O2/c1-5-24-13(6-7-21-24)15(26)23-9-11(17(18,19)20)12(10-23)22-14(25)8-16(2,3)4/h6-7,11-12H,5,8-10H2,1-4H3,(H,22,25)/t11-,12-/m1/s1. The lowest BCUT2D eigenvalue weighted by atomic mass is 9.91. The molecule has 6 nitrogen and oxygen atoms in total. The average Bonchev–Trinajstić information content (AvgIpc) is 3.09. The van der Waals surface area contributed by atoms with E-state index in [2.05, 4.69) is 10.4 Å². The Bertz CT molecular complexity index is 664. The summed E-state index contributed by atoms with van der Waals surface area (Å²) in [4.78, 5) is 25.8. The number of rotatable bonds is 4. The number of halogens is 3. The second-order valence-electron chi connectivity index (χ2n) is 7.80. The van der Waals surface area contributed by atoms with E-state index in [1.54, 1.807) is 6.92 Å². The molecule has 1 aliphatic heterocycles. The number of carbonyl (C=O) groups is 2. The van der Waals surface area contributed by atoms with Gasteiger partial charge in [-0.05, 0) is 18.4 Å². The van der Waals surface area contributed by atoms with Crippen molar-refractivity contribution in [1.29, 1.82) is 0 Å². The zero-order valence-corrected chi connectivity index (χ0v) is 15.4. The lowest BCUT2D eigenvalue weighted by molar-refractivity contribution is -0.175. The van der Waals surface area contributed by atoms with Gasteiger partial charge in [0.25, 0.3) is 5.91 Å². The van der Waals surface area contributed by atoms with Crippen molar-refractivity contribution in [3.8, 4) is 0 Å². The van der Waals surface area contributed by atoms with Crippen LogP contribution < -0.4 is 5.32 Å². The van der Waals surface area contributed by atoms with Crippen LogP contribution in [0.5, 0.6) is 0 Å². The van der Waals surface area contributed by atoms with Crippen LogP contribution in [0.4, 0.5) is 13.2 Å². The Hall–Kier alpha value is -2.06. The minimum Gasteiger partial charge on any atom is -0.351 e. The Morgan fingerprint density at radius 3 is 2.46 bits per heavy atom. The lowest BCUT2D eigenvalue weighted by Gasteiger charge is -2.24. The second kappa shape index (κ2) is 7.28. The molecule has 2 amide bonds. The largest absolute Gasteiger partial charge is 0.395 e. The van der Waals surface area contributed by atoms with Crippen LogP contribution in [0.1, 0.15) is 44.6 Å². The molecule has 1 aromatic rings. The predicted molar refractivity (Wildman–Crippen MR) is 89.4 cm³/mol. The Morgan fingerprint density at radius 2 is 1.92 bits per heavy atom. The number of hydrogen-bond acceptors (Lipinski definition) is 3. The van der Waals surface area contributed by atoms with Gasteiger partial charge in [-0.25, -0.2) is 0 Å². The minimum atomic E-state index is -4.50. The molecule has 9 heteroatoms. The summed E-state index contributed by atoms with van der Waals surface area (Å²) in [5, 5.41) is 6.46. The summed E-state index contributed by atoms with van der Waals surface area (Å²) in [5.41, 5.74) is -0.0883. The van der Waals surface area contributed by atoms with E-state index in [1.807, 2.05) is 20.8 Å². The molecule has 2 atom stereocenters. The topological polar surface area (TPSA) is 67.2 Å². The molecule has 1 aliphatic rings. The number of aromatic nitrogens is 2. The molecule has 0 saturated carbocycles. The van der Waals surface area contributed by atoms with Gasteiger partial charge in [-0.15, -0.1) is 0 Å². The van der Waals surface area contributed by atoms with Gasteiger partial charge in [0.05, 0.1) is 12.0 Å². The maximum Gasteiger partial charge on any atom is 0.395 e. The Morgan fingerprint density at radius 1 is 1.27 bits per heavy atom. The van der Waals surface area contributed by atoms with Crippen molar-refractivity contribution in [2.24, 2.45) is 11.3 Å². The quantitative estimate of drug-likeness (QED) is 0.880. The number of carbonyl (C=O) groups excluding carboxylic acids is 2. The summed E-state index contributed by atoms with van der Waals surface area (Å²) < 4.78 is 41.7. The summed E-state index contributed by atoms with van der Waals surface area (Å²) in [7, 11) is 0. The summed E-state index contributed by atoms with van der Waals surface area (Å²) in [6.07, 6.45) is -2.94. The summed E-state index contributed by atoms with van der Waals surface area (Å²) in [6, 6.07) is 0.340. The van der Waals surface area contributed by atoms with Gasteiger partial charge in [0.1, 0.15) is 5.69 Å². The van der Waals surface area contributed by atoms with Crippen LogP contribution in [-0.2, 0) is 11.3 Å². The minimum absolute atomic E-state index is 0.116. The molecular formula is C17H25F3N4O2. The van der Waals surface area contributed by atoms with Gasteiger partial charge in [-0.1, -0.05) is 20.8 Å². The first kappa shape index (κ1) is 20.3. The molecule has 1 aromatic heterocycles. The van der Waals surface area contributed by atoms with E-state index in [0.29, 0.717) is 6.54 Å². The fraction of sp³-hybridized carbons (Fsp3) is 0.706. The third-order valence-electron chi connectivity index (χ3n) is 4.30.